The SMILES string of the molecule is CCOC(=O)C1=C(C)N=c2s/c(=C\c3ccc(OC)c(I)c3)c(=O)n2[C@H]1c1ccc(OC(C)C)c(OC)c1. The molecule has 1 aliphatic rings. The molecule has 0 radical (unpaired) electrons. The Morgan fingerprint density at radius 1 is 1.13 bits per heavy atom. The van der Waals surface area contributed by atoms with Crippen LogP contribution in [0.15, 0.2) is 57.5 Å². The molecule has 10 heteroatoms. The van der Waals surface area contributed by atoms with Crippen molar-refractivity contribution >= 4 is 46.0 Å². The van der Waals surface area contributed by atoms with Gasteiger partial charge in [0.25, 0.3) is 5.56 Å². The summed E-state index contributed by atoms with van der Waals surface area (Å²) >= 11 is 3.47. The van der Waals surface area contributed by atoms with Gasteiger partial charge in [-0.25, -0.2) is 9.79 Å². The minimum atomic E-state index is -0.745. The Labute approximate surface area is 238 Å². The lowest BCUT2D eigenvalue weighted by atomic mass is 9.95. The largest absolute Gasteiger partial charge is 0.496 e. The summed E-state index contributed by atoms with van der Waals surface area (Å²) in [6.07, 6.45) is 1.78. The van der Waals surface area contributed by atoms with Crippen molar-refractivity contribution < 1.29 is 23.7 Å². The molecule has 0 amide bonds. The first-order valence-electron chi connectivity index (χ1n) is 12.1. The van der Waals surface area contributed by atoms with Crippen LogP contribution in [0.4, 0.5) is 0 Å². The number of carbonyl (C=O) groups excluding carboxylic acids is 1. The highest BCUT2D eigenvalue weighted by molar-refractivity contribution is 14.1. The molecule has 0 fully saturated rings. The van der Waals surface area contributed by atoms with Gasteiger partial charge >= 0.3 is 5.97 Å². The molecule has 0 saturated heterocycles. The number of rotatable bonds is 8. The van der Waals surface area contributed by atoms with Gasteiger partial charge in [0.05, 0.1) is 52.3 Å². The summed E-state index contributed by atoms with van der Waals surface area (Å²) in [6.45, 7) is 7.57. The van der Waals surface area contributed by atoms with E-state index >= 15 is 0 Å². The molecule has 3 aromatic rings. The minimum Gasteiger partial charge on any atom is -0.496 e. The van der Waals surface area contributed by atoms with E-state index < -0.39 is 12.0 Å². The average molecular weight is 649 g/mol. The number of thiazole rings is 1. The predicted octanol–water partition coefficient (Wildman–Crippen LogP) is 4.21. The van der Waals surface area contributed by atoms with Gasteiger partial charge in [-0.05, 0) is 91.8 Å². The Morgan fingerprint density at radius 3 is 2.47 bits per heavy atom. The smallest absolute Gasteiger partial charge is 0.338 e. The second kappa shape index (κ2) is 11.7. The lowest BCUT2D eigenvalue weighted by molar-refractivity contribution is -0.139. The van der Waals surface area contributed by atoms with Crippen LogP contribution in [-0.2, 0) is 9.53 Å². The van der Waals surface area contributed by atoms with E-state index in [4.69, 9.17) is 18.9 Å². The number of esters is 1. The van der Waals surface area contributed by atoms with Crippen LogP contribution in [-0.4, -0.2) is 37.5 Å². The van der Waals surface area contributed by atoms with E-state index in [1.807, 2.05) is 44.2 Å². The van der Waals surface area contributed by atoms with Gasteiger partial charge in [-0.2, -0.15) is 0 Å². The molecule has 0 unspecified atom stereocenters. The van der Waals surface area contributed by atoms with Crippen LogP contribution in [0.3, 0.4) is 0 Å². The van der Waals surface area contributed by atoms with Crippen LogP contribution >= 0.6 is 33.9 Å². The van der Waals surface area contributed by atoms with E-state index in [9.17, 15) is 9.59 Å². The minimum absolute atomic E-state index is 0.0503. The van der Waals surface area contributed by atoms with Gasteiger partial charge in [0.15, 0.2) is 16.3 Å². The number of allylic oxidation sites excluding steroid dienone is 1. The molecule has 1 aliphatic heterocycles. The first-order valence-corrected chi connectivity index (χ1v) is 14.0. The van der Waals surface area contributed by atoms with Crippen molar-refractivity contribution in [1.82, 2.24) is 4.57 Å². The van der Waals surface area contributed by atoms with Crippen molar-refractivity contribution in [3.63, 3.8) is 0 Å². The maximum absolute atomic E-state index is 13.8. The summed E-state index contributed by atoms with van der Waals surface area (Å²) in [6, 6.07) is 10.4. The second-order valence-corrected chi connectivity index (χ2v) is 10.9. The van der Waals surface area contributed by atoms with Gasteiger partial charge in [0.2, 0.25) is 0 Å². The van der Waals surface area contributed by atoms with Gasteiger partial charge < -0.3 is 18.9 Å². The summed E-state index contributed by atoms with van der Waals surface area (Å²) in [5.41, 5.74) is 2.10. The van der Waals surface area contributed by atoms with Crippen molar-refractivity contribution in [1.29, 1.82) is 0 Å². The Hall–Kier alpha value is -3.12. The van der Waals surface area contributed by atoms with Crippen LogP contribution < -0.4 is 29.1 Å². The quantitative estimate of drug-likeness (QED) is 0.269. The Balaban J connectivity index is 1.93. The fourth-order valence-electron chi connectivity index (χ4n) is 4.24. The normalized spacial score (nSPS) is 15.3. The monoisotopic (exact) mass is 648 g/mol. The van der Waals surface area contributed by atoms with Crippen molar-refractivity contribution in [2.75, 3.05) is 20.8 Å². The van der Waals surface area contributed by atoms with Crippen LogP contribution in [0.5, 0.6) is 17.2 Å². The molecule has 1 aromatic heterocycles. The average Bonchev–Trinajstić information content (AvgIpc) is 3.17. The molecule has 0 N–H and O–H groups in total. The molecule has 1 atom stereocenters. The number of methoxy groups -OCH3 is 2. The van der Waals surface area contributed by atoms with Gasteiger partial charge in [0, 0.05) is 0 Å². The van der Waals surface area contributed by atoms with E-state index in [0.29, 0.717) is 37.7 Å². The number of ether oxygens (including phenoxy) is 4. The van der Waals surface area contributed by atoms with Gasteiger partial charge in [-0.1, -0.05) is 23.5 Å². The highest BCUT2D eigenvalue weighted by Gasteiger charge is 2.34. The molecule has 200 valence electrons. The van der Waals surface area contributed by atoms with Crippen molar-refractivity contribution in [2.24, 2.45) is 4.99 Å². The second-order valence-electron chi connectivity index (χ2n) is 8.77. The highest BCUT2D eigenvalue weighted by atomic mass is 127. The van der Waals surface area contributed by atoms with E-state index in [1.54, 1.807) is 44.8 Å². The summed E-state index contributed by atoms with van der Waals surface area (Å²) in [7, 11) is 3.18. The van der Waals surface area contributed by atoms with Gasteiger partial charge in [0.1, 0.15) is 5.75 Å². The molecule has 0 bridgehead atoms. The van der Waals surface area contributed by atoms with Crippen LogP contribution in [0.1, 0.15) is 44.9 Å². The zero-order valence-corrected chi connectivity index (χ0v) is 25.0. The van der Waals surface area contributed by atoms with Crippen LogP contribution in [0.2, 0.25) is 0 Å². The lowest BCUT2D eigenvalue weighted by Crippen LogP contribution is -2.40. The van der Waals surface area contributed by atoms with Crippen molar-refractivity contribution in [3.8, 4) is 17.2 Å². The molecule has 2 aromatic carbocycles. The predicted molar refractivity (Wildman–Crippen MR) is 155 cm³/mol. The molecule has 0 aliphatic carbocycles. The van der Waals surface area contributed by atoms with Crippen molar-refractivity contribution in [3.05, 3.63) is 82.1 Å². The molecule has 8 nitrogen and oxygen atoms in total. The highest BCUT2D eigenvalue weighted by Crippen LogP contribution is 2.36. The number of fused-ring (bicyclic) bond motifs is 1. The van der Waals surface area contributed by atoms with E-state index in [1.165, 1.54) is 11.3 Å². The van der Waals surface area contributed by atoms with Gasteiger partial charge in [-0.15, -0.1) is 0 Å². The first-order chi connectivity index (χ1) is 18.2. The maximum Gasteiger partial charge on any atom is 0.338 e. The topological polar surface area (TPSA) is 88.4 Å². The molecular formula is C28H29IN2O6S. The molecule has 4 rings (SSSR count). The molecular weight excluding hydrogens is 619 g/mol. The Morgan fingerprint density at radius 2 is 1.84 bits per heavy atom. The number of benzene rings is 2. The molecule has 2 heterocycles. The molecule has 0 saturated carbocycles. The number of aromatic nitrogens is 1. The van der Waals surface area contributed by atoms with Crippen molar-refractivity contribution in [2.45, 2.75) is 39.8 Å². The van der Waals surface area contributed by atoms with Gasteiger partial charge in [-0.3, -0.25) is 9.36 Å². The third-order valence-corrected chi connectivity index (χ3v) is 7.68. The Bertz CT molecular complexity index is 1590. The van der Waals surface area contributed by atoms with Crippen LogP contribution in [0.25, 0.3) is 6.08 Å². The van der Waals surface area contributed by atoms with Crippen LogP contribution in [0, 0.1) is 3.57 Å². The standard InChI is InChI=1S/C28H29IN2O6S/c1-7-36-27(33)24-16(4)30-28-31(25(24)18-9-11-21(37-15(2)3)22(14-18)35-6)26(32)23(38-28)13-17-8-10-20(34-5)19(29)12-17/h8-15,25H,7H2,1-6H3/b23-13-/t25-/m0/s1. The first kappa shape index (κ1) is 27.9. The fraction of sp³-hybridized carbons (Fsp3) is 0.321. The zero-order chi connectivity index (χ0) is 27.6. The number of halogens is 1. The summed E-state index contributed by atoms with van der Waals surface area (Å²) in [5.74, 6) is 1.33. The summed E-state index contributed by atoms with van der Waals surface area (Å²) in [5, 5.41) is 0. The number of nitrogens with zero attached hydrogens (tertiary/aromatic N) is 2. The van der Waals surface area contributed by atoms with E-state index in [0.717, 1.165) is 14.9 Å². The number of hydrogen-bond acceptors (Lipinski definition) is 8. The third-order valence-electron chi connectivity index (χ3n) is 5.86. The number of hydrogen-bond donors (Lipinski definition) is 0. The number of carbonyl (C=O) groups is 1. The fourth-order valence-corrected chi connectivity index (χ4v) is 6.04. The lowest BCUT2D eigenvalue weighted by Gasteiger charge is -2.25. The summed E-state index contributed by atoms with van der Waals surface area (Å²) in [4.78, 5) is 32.1. The Kier molecular flexibility index (Phi) is 8.61. The third kappa shape index (κ3) is 5.51. The maximum atomic E-state index is 13.8. The van der Waals surface area contributed by atoms with E-state index in [2.05, 4.69) is 27.6 Å². The van der Waals surface area contributed by atoms with E-state index in [-0.39, 0.29) is 18.3 Å². The molecule has 0 spiro atoms. The summed E-state index contributed by atoms with van der Waals surface area (Å²) < 4.78 is 25.2. The zero-order valence-electron chi connectivity index (χ0n) is 22.0. The molecule has 38 heavy (non-hydrogen) atoms.